The van der Waals surface area contributed by atoms with E-state index in [1.807, 2.05) is 20.8 Å². The van der Waals surface area contributed by atoms with Gasteiger partial charge in [-0.15, -0.1) is 0 Å². The smallest absolute Gasteiger partial charge is 0.305 e. The molecule has 0 spiro atoms. The third-order valence-corrected chi connectivity index (χ3v) is 4.88. The number of rotatable bonds is 8. The summed E-state index contributed by atoms with van der Waals surface area (Å²) in [5, 5.41) is 1.12. The van der Waals surface area contributed by atoms with Crippen molar-refractivity contribution >= 4 is 34.4 Å². The Bertz CT molecular complexity index is 1110. The molecule has 0 aliphatic carbocycles. The van der Waals surface area contributed by atoms with Crippen LogP contribution in [0.25, 0.3) is 11.0 Å². The molecule has 8 nitrogen and oxygen atoms in total. The van der Waals surface area contributed by atoms with E-state index in [4.69, 9.17) is 30.2 Å². The van der Waals surface area contributed by atoms with Gasteiger partial charge in [0, 0.05) is 16.5 Å². The van der Waals surface area contributed by atoms with Crippen LogP contribution in [0.4, 0.5) is 0 Å². The van der Waals surface area contributed by atoms with E-state index < -0.39 is 11.8 Å². The van der Waals surface area contributed by atoms with E-state index in [-0.39, 0.29) is 11.3 Å². The van der Waals surface area contributed by atoms with Crippen LogP contribution in [0, 0.1) is 6.92 Å². The summed E-state index contributed by atoms with van der Waals surface area (Å²) in [5.74, 6) is 0.0648. The quantitative estimate of drug-likeness (QED) is 0.474. The molecule has 1 heterocycles. The van der Waals surface area contributed by atoms with E-state index in [2.05, 4.69) is 10.9 Å². The van der Waals surface area contributed by atoms with Crippen molar-refractivity contribution in [3.63, 3.8) is 0 Å². The Morgan fingerprint density at radius 3 is 2.09 bits per heavy atom. The van der Waals surface area contributed by atoms with Gasteiger partial charge in [-0.2, -0.15) is 0 Å². The fourth-order valence-corrected chi connectivity index (χ4v) is 3.40. The highest BCUT2D eigenvalue weighted by Gasteiger charge is 2.21. The van der Waals surface area contributed by atoms with Gasteiger partial charge in [-0.05, 0) is 45.9 Å². The molecule has 2 N–H and O–H groups in total. The minimum absolute atomic E-state index is 0.0603. The topological polar surface area (TPSA) is 99.0 Å². The number of fused-ring (bicyclic) bond motifs is 1. The lowest BCUT2D eigenvalue weighted by atomic mass is 10.1. The van der Waals surface area contributed by atoms with Crippen LogP contribution in [0.2, 0.25) is 5.02 Å². The van der Waals surface area contributed by atoms with Crippen LogP contribution in [0.15, 0.2) is 34.7 Å². The molecule has 0 aliphatic rings. The zero-order valence-corrected chi connectivity index (χ0v) is 19.1. The zero-order valence-electron chi connectivity index (χ0n) is 18.3. The van der Waals surface area contributed by atoms with E-state index in [1.54, 1.807) is 25.1 Å². The maximum Gasteiger partial charge on any atom is 0.305 e. The highest BCUT2D eigenvalue weighted by molar-refractivity contribution is 6.35. The molecular formula is C23H25ClN2O6. The zero-order chi connectivity index (χ0) is 23.3. The molecule has 0 atom stereocenters. The number of benzene rings is 2. The number of aryl methyl sites for hydroxylation is 1. The van der Waals surface area contributed by atoms with E-state index >= 15 is 0 Å². The van der Waals surface area contributed by atoms with Gasteiger partial charge in [0.15, 0.2) is 22.8 Å². The van der Waals surface area contributed by atoms with Crippen LogP contribution in [-0.4, -0.2) is 31.6 Å². The number of hydrazine groups is 1. The molecule has 2 aromatic carbocycles. The first-order valence-electron chi connectivity index (χ1n) is 10.3. The van der Waals surface area contributed by atoms with Gasteiger partial charge in [0.05, 0.1) is 24.8 Å². The Balaban J connectivity index is 1.82. The van der Waals surface area contributed by atoms with Gasteiger partial charge < -0.3 is 18.6 Å². The van der Waals surface area contributed by atoms with Gasteiger partial charge in [0.1, 0.15) is 0 Å². The Labute approximate surface area is 190 Å². The summed E-state index contributed by atoms with van der Waals surface area (Å²) in [7, 11) is 0. The van der Waals surface area contributed by atoms with E-state index in [0.29, 0.717) is 53.2 Å². The molecule has 3 aromatic rings. The van der Waals surface area contributed by atoms with Gasteiger partial charge in [-0.3, -0.25) is 20.4 Å². The SMILES string of the molecule is CCOc1cc(C(=O)NNC(=O)c2oc3c(Cl)cccc3c2C)cc(OCC)c1OCC. The highest BCUT2D eigenvalue weighted by Crippen LogP contribution is 2.39. The largest absolute Gasteiger partial charge is 0.490 e. The maximum absolute atomic E-state index is 12.7. The van der Waals surface area contributed by atoms with E-state index in [1.165, 1.54) is 12.1 Å². The second kappa shape index (κ2) is 10.3. The van der Waals surface area contributed by atoms with Crippen LogP contribution in [0.3, 0.4) is 0 Å². The lowest BCUT2D eigenvalue weighted by molar-refractivity contribution is 0.0831. The summed E-state index contributed by atoms with van der Waals surface area (Å²) in [6, 6.07) is 8.32. The molecule has 0 aliphatic heterocycles. The minimum Gasteiger partial charge on any atom is -0.490 e. The molecule has 0 radical (unpaired) electrons. The van der Waals surface area contributed by atoms with E-state index in [0.717, 1.165) is 5.39 Å². The van der Waals surface area contributed by atoms with Crippen molar-refractivity contribution in [1.82, 2.24) is 10.9 Å². The monoisotopic (exact) mass is 460 g/mol. The number of para-hydroxylation sites is 1. The van der Waals surface area contributed by atoms with Crippen LogP contribution in [-0.2, 0) is 0 Å². The lowest BCUT2D eigenvalue weighted by Gasteiger charge is -2.17. The first-order chi connectivity index (χ1) is 15.4. The van der Waals surface area contributed by atoms with Gasteiger partial charge in [-0.25, -0.2) is 0 Å². The molecule has 0 saturated carbocycles. The van der Waals surface area contributed by atoms with Crippen molar-refractivity contribution < 1.29 is 28.2 Å². The average Bonchev–Trinajstić information content (AvgIpc) is 3.12. The first-order valence-corrected chi connectivity index (χ1v) is 10.6. The number of nitrogens with one attached hydrogen (secondary N) is 2. The number of amides is 2. The highest BCUT2D eigenvalue weighted by atomic mass is 35.5. The fraction of sp³-hybridized carbons (Fsp3) is 0.304. The van der Waals surface area contributed by atoms with Crippen molar-refractivity contribution in [2.24, 2.45) is 0 Å². The Morgan fingerprint density at radius 1 is 0.938 bits per heavy atom. The van der Waals surface area contributed by atoms with Crippen LogP contribution >= 0.6 is 11.6 Å². The van der Waals surface area contributed by atoms with Crippen LogP contribution in [0.1, 0.15) is 47.2 Å². The minimum atomic E-state index is -0.607. The standard InChI is InChI=1S/C23H25ClN2O6/c1-5-29-17-11-14(12-18(30-6-2)21(17)31-7-3)22(27)25-26-23(28)19-13(4)15-9-8-10-16(24)20(15)32-19/h8-12H,5-7H2,1-4H3,(H,25,27)(H,26,28). The number of ether oxygens (including phenoxy) is 3. The van der Waals surface area contributed by atoms with Crippen molar-refractivity contribution in [1.29, 1.82) is 0 Å². The van der Waals surface area contributed by atoms with Crippen molar-refractivity contribution in [2.45, 2.75) is 27.7 Å². The molecule has 170 valence electrons. The summed E-state index contributed by atoms with van der Waals surface area (Å²) in [6.07, 6.45) is 0. The van der Waals surface area contributed by atoms with Crippen molar-refractivity contribution in [3.8, 4) is 17.2 Å². The molecule has 0 bridgehead atoms. The Morgan fingerprint density at radius 2 is 1.53 bits per heavy atom. The van der Waals surface area contributed by atoms with Gasteiger partial charge >= 0.3 is 5.91 Å². The number of carbonyl (C=O) groups excluding carboxylic acids is 2. The van der Waals surface area contributed by atoms with Crippen molar-refractivity contribution in [2.75, 3.05) is 19.8 Å². The van der Waals surface area contributed by atoms with Gasteiger partial charge in [0.25, 0.3) is 5.91 Å². The lowest BCUT2D eigenvalue weighted by Crippen LogP contribution is -2.41. The number of carbonyl (C=O) groups is 2. The number of hydrogen-bond donors (Lipinski definition) is 2. The maximum atomic E-state index is 12.7. The summed E-state index contributed by atoms with van der Waals surface area (Å²) in [5.41, 5.74) is 6.02. The number of hydrogen-bond acceptors (Lipinski definition) is 6. The Kier molecular flexibility index (Phi) is 7.48. The number of furan rings is 1. The van der Waals surface area contributed by atoms with E-state index in [9.17, 15) is 9.59 Å². The molecule has 0 unspecified atom stereocenters. The Hall–Kier alpha value is -3.39. The van der Waals surface area contributed by atoms with Gasteiger partial charge in [0.2, 0.25) is 5.75 Å². The first kappa shape index (κ1) is 23.3. The molecule has 3 rings (SSSR count). The molecule has 32 heavy (non-hydrogen) atoms. The molecule has 1 aromatic heterocycles. The van der Waals surface area contributed by atoms with Crippen LogP contribution in [0.5, 0.6) is 17.2 Å². The fourth-order valence-electron chi connectivity index (χ4n) is 3.19. The summed E-state index contributed by atoms with van der Waals surface area (Å²) < 4.78 is 22.5. The molecule has 0 fully saturated rings. The summed E-state index contributed by atoms with van der Waals surface area (Å²) in [6.45, 7) is 8.39. The summed E-state index contributed by atoms with van der Waals surface area (Å²) in [4.78, 5) is 25.4. The molecule has 2 amide bonds. The van der Waals surface area contributed by atoms with Gasteiger partial charge in [-0.1, -0.05) is 23.7 Å². The molecule has 0 saturated heterocycles. The summed E-state index contributed by atoms with van der Waals surface area (Å²) >= 11 is 6.14. The van der Waals surface area contributed by atoms with Crippen molar-refractivity contribution in [3.05, 3.63) is 52.2 Å². The average molecular weight is 461 g/mol. The molecule has 9 heteroatoms. The second-order valence-electron chi connectivity index (χ2n) is 6.68. The predicted octanol–water partition coefficient (Wildman–Crippen LogP) is 4.67. The second-order valence-corrected chi connectivity index (χ2v) is 7.09. The number of halogens is 1. The third kappa shape index (κ3) is 4.75. The predicted molar refractivity (Wildman–Crippen MR) is 121 cm³/mol. The third-order valence-electron chi connectivity index (χ3n) is 4.58. The van der Waals surface area contributed by atoms with Crippen LogP contribution < -0.4 is 25.1 Å². The molecular weight excluding hydrogens is 436 g/mol. The normalized spacial score (nSPS) is 10.7.